The average molecular weight is 573 g/mol. The van der Waals surface area contributed by atoms with Gasteiger partial charge in [-0.2, -0.15) is 13.2 Å². The number of pyridine rings is 1. The number of alkyl halides is 3. The first kappa shape index (κ1) is 27.2. The molecule has 2 aromatic rings. The monoisotopic (exact) mass is 572 g/mol. The number of nitrogens with one attached hydrogen (secondary N) is 2. The zero-order valence-electron chi connectivity index (χ0n) is 16.8. The van der Waals surface area contributed by atoms with E-state index in [4.69, 9.17) is 16.3 Å². The molecule has 1 heterocycles. The molecule has 0 saturated carbocycles. The summed E-state index contributed by atoms with van der Waals surface area (Å²) >= 11 is 5.76. The molecule has 172 valence electrons. The number of rotatable bonds is 9. The smallest absolute Gasteiger partial charge is 0.416 e. The summed E-state index contributed by atoms with van der Waals surface area (Å²) < 4.78 is 43.0. The van der Waals surface area contributed by atoms with Gasteiger partial charge in [-0.05, 0) is 49.2 Å². The molecule has 3 N–H and O–H groups in total. The minimum atomic E-state index is -4.40. The lowest BCUT2D eigenvalue weighted by Gasteiger charge is -2.14. The zero-order valence-corrected chi connectivity index (χ0v) is 19.9. The third kappa shape index (κ3) is 10.4. The van der Waals surface area contributed by atoms with Crippen molar-refractivity contribution in [1.29, 1.82) is 0 Å². The first-order valence-corrected chi connectivity index (χ1v) is 9.76. The van der Waals surface area contributed by atoms with Crippen molar-refractivity contribution in [2.24, 2.45) is 4.99 Å². The summed E-state index contributed by atoms with van der Waals surface area (Å²) in [7, 11) is 0. The van der Waals surface area contributed by atoms with Gasteiger partial charge >= 0.3 is 6.18 Å². The van der Waals surface area contributed by atoms with Gasteiger partial charge in [-0.15, -0.1) is 24.0 Å². The molecule has 1 atom stereocenters. The minimum Gasteiger partial charge on any atom is -0.491 e. The number of benzene rings is 1. The second-order valence-corrected chi connectivity index (χ2v) is 6.76. The molecule has 1 aromatic heterocycles. The normalized spacial score (nSPS) is 12.6. The summed E-state index contributed by atoms with van der Waals surface area (Å²) in [5.41, 5.74) is 0.267. The standard InChI is InChI=1S/C20H24ClF3N4O2.HI/c1-2-25-19(26-10-9-14-3-8-18(21)27-11-14)28-12-16(29)13-30-17-6-4-15(5-7-17)20(22,23)24;/h3-8,11,16,29H,2,9-10,12-13H2,1H3,(H2,25,26,28);1H. The van der Waals surface area contributed by atoms with E-state index in [0.29, 0.717) is 30.6 Å². The van der Waals surface area contributed by atoms with Crippen molar-refractivity contribution in [3.05, 3.63) is 58.9 Å². The van der Waals surface area contributed by atoms with Gasteiger partial charge in [0.25, 0.3) is 0 Å². The number of aromatic nitrogens is 1. The highest BCUT2D eigenvalue weighted by atomic mass is 127. The van der Waals surface area contributed by atoms with Gasteiger partial charge in [0.1, 0.15) is 23.6 Å². The van der Waals surface area contributed by atoms with E-state index in [1.165, 1.54) is 12.1 Å². The Kier molecular flexibility index (Phi) is 11.9. The Labute approximate surface area is 201 Å². The molecule has 1 unspecified atom stereocenters. The second kappa shape index (κ2) is 13.6. The van der Waals surface area contributed by atoms with Crippen LogP contribution in [0.5, 0.6) is 5.75 Å². The van der Waals surface area contributed by atoms with Gasteiger partial charge in [0.2, 0.25) is 0 Å². The molecule has 2 rings (SSSR count). The van der Waals surface area contributed by atoms with E-state index in [1.54, 1.807) is 12.3 Å². The van der Waals surface area contributed by atoms with Crippen molar-refractivity contribution < 1.29 is 23.0 Å². The lowest BCUT2D eigenvalue weighted by atomic mass is 10.2. The Morgan fingerprint density at radius 2 is 1.90 bits per heavy atom. The van der Waals surface area contributed by atoms with Gasteiger partial charge in [-0.3, -0.25) is 4.99 Å². The fourth-order valence-corrected chi connectivity index (χ4v) is 2.52. The molecule has 0 bridgehead atoms. The van der Waals surface area contributed by atoms with Crippen LogP contribution in [0.15, 0.2) is 47.6 Å². The molecular formula is C20H25ClF3IN4O2. The van der Waals surface area contributed by atoms with E-state index >= 15 is 0 Å². The molecule has 0 radical (unpaired) electrons. The maximum absolute atomic E-state index is 12.6. The van der Waals surface area contributed by atoms with E-state index in [0.717, 1.165) is 17.7 Å². The molecule has 0 saturated heterocycles. The topological polar surface area (TPSA) is 78.8 Å². The van der Waals surface area contributed by atoms with E-state index in [9.17, 15) is 18.3 Å². The molecule has 0 aliphatic carbocycles. The van der Waals surface area contributed by atoms with Gasteiger partial charge < -0.3 is 20.5 Å². The highest BCUT2D eigenvalue weighted by molar-refractivity contribution is 14.0. The Morgan fingerprint density at radius 3 is 2.48 bits per heavy atom. The Balaban J connectivity index is 0.00000480. The van der Waals surface area contributed by atoms with Crippen molar-refractivity contribution in [2.45, 2.75) is 25.6 Å². The van der Waals surface area contributed by atoms with Crippen LogP contribution in [0.3, 0.4) is 0 Å². The van der Waals surface area contributed by atoms with E-state index in [-0.39, 0.29) is 42.9 Å². The number of hydrogen-bond acceptors (Lipinski definition) is 4. The maximum atomic E-state index is 12.6. The number of nitrogens with zero attached hydrogens (tertiary/aromatic N) is 2. The van der Waals surface area contributed by atoms with E-state index in [1.807, 2.05) is 13.0 Å². The predicted octanol–water partition coefficient (Wildman–Crippen LogP) is 3.91. The van der Waals surface area contributed by atoms with Crippen LogP contribution in [0.1, 0.15) is 18.1 Å². The number of aliphatic hydroxyl groups excluding tert-OH is 1. The summed E-state index contributed by atoms with van der Waals surface area (Å²) in [6.45, 7) is 3.15. The Hall–Kier alpha value is -1.79. The van der Waals surface area contributed by atoms with Crippen LogP contribution >= 0.6 is 35.6 Å². The molecule has 1 aromatic carbocycles. The molecule has 0 amide bonds. The Morgan fingerprint density at radius 1 is 1.19 bits per heavy atom. The van der Waals surface area contributed by atoms with Gasteiger partial charge in [0, 0.05) is 19.3 Å². The summed E-state index contributed by atoms with van der Waals surface area (Å²) in [4.78, 5) is 8.32. The summed E-state index contributed by atoms with van der Waals surface area (Å²) in [5, 5.41) is 16.7. The quantitative estimate of drug-likeness (QED) is 0.184. The van der Waals surface area contributed by atoms with Crippen LogP contribution in [0, 0.1) is 0 Å². The summed E-state index contributed by atoms with van der Waals surface area (Å²) in [6.07, 6.45) is -2.89. The molecule has 0 aliphatic rings. The first-order chi connectivity index (χ1) is 14.3. The lowest BCUT2D eigenvalue weighted by Crippen LogP contribution is -2.39. The largest absolute Gasteiger partial charge is 0.491 e. The van der Waals surface area contributed by atoms with Crippen LogP contribution < -0.4 is 15.4 Å². The van der Waals surface area contributed by atoms with E-state index < -0.39 is 17.8 Å². The van der Waals surface area contributed by atoms with Crippen LogP contribution in [0.4, 0.5) is 13.2 Å². The fraction of sp³-hybridized carbons (Fsp3) is 0.400. The molecule has 0 fully saturated rings. The first-order valence-electron chi connectivity index (χ1n) is 9.38. The van der Waals surface area contributed by atoms with Crippen LogP contribution in [0.25, 0.3) is 0 Å². The predicted molar refractivity (Wildman–Crippen MR) is 125 cm³/mol. The number of aliphatic imine (C=N–C) groups is 1. The highest BCUT2D eigenvalue weighted by Gasteiger charge is 2.30. The number of aliphatic hydroxyl groups is 1. The van der Waals surface area contributed by atoms with Gasteiger partial charge in [0.15, 0.2) is 5.96 Å². The van der Waals surface area contributed by atoms with Crippen molar-refractivity contribution in [1.82, 2.24) is 15.6 Å². The van der Waals surface area contributed by atoms with Gasteiger partial charge in [-0.25, -0.2) is 4.98 Å². The molecule has 0 spiro atoms. The number of halogens is 5. The number of ether oxygens (including phenoxy) is 1. The van der Waals surface area contributed by atoms with E-state index in [2.05, 4.69) is 20.6 Å². The SMILES string of the molecule is CCNC(=NCC(O)COc1ccc(C(F)(F)F)cc1)NCCc1ccc(Cl)nc1.I. The van der Waals surface area contributed by atoms with Crippen molar-refractivity contribution in [3.8, 4) is 5.75 Å². The molecular weight excluding hydrogens is 548 g/mol. The molecule has 11 heteroatoms. The fourth-order valence-electron chi connectivity index (χ4n) is 2.40. The number of hydrogen-bond donors (Lipinski definition) is 3. The van der Waals surface area contributed by atoms with Crippen molar-refractivity contribution >= 4 is 41.5 Å². The average Bonchev–Trinajstić information content (AvgIpc) is 2.71. The third-order valence-electron chi connectivity index (χ3n) is 3.92. The van der Waals surface area contributed by atoms with Crippen LogP contribution in [0.2, 0.25) is 5.15 Å². The maximum Gasteiger partial charge on any atom is 0.416 e. The van der Waals surface area contributed by atoms with Gasteiger partial charge in [0.05, 0.1) is 12.1 Å². The second-order valence-electron chi connectivity index (χ2n) is 6.37. The summed E-state index contributed by atoms with van der Waals surface area (Å²) in [5.74, 6) is 0.778. The summed E-state index contributed by atoms with van der Waals surface area (Å²) in [6, 6.07) is 7.92. The highest BCUT2D eigenvalue weighted by Crippen LogP contribution is 2.30. The van der Waals surface area contributed by atoms with Crippen molar-refractivity contribution in [3.63, 3.8) is 0 Å². The minimum absolute atomic E-state index is 0. The van der Waals surface area contributed by atoms with Crippen molar-refractivity contribution in [2.75, 3.05) is 26.2 Å². The zero-order chi connectivity index (χ0) is 22.0. The molecule has 0 aliphatic heterocycles. The van der Waals surface area contributed by atoms with Crippen LogP contribution in [-0.2, 0) is 12.6 Å². The van der Waals surface area contributed by atoms with Gasteiger partial charge in [-0.1, -0.05) is 17.7 Å². The molecule has 6 nitrogen and oxygen atoms in total. The molecule has 31 heavy (non-hydrogen) atoms. The third-order valence-corrected chi connectivity index (χ3v) is 4.15. The lowest BCUT2D eigenvalue weighted by molar-refractivity contribution is -0.137. The van der Waals surface area contributed by atoms with Crippen LogP contribution in [-0.4, -0.2) is 48.4 Å². The number of guanidine groups is 1. The Bertz CT molecular complexity index is 806.